The number of sulfonamides is 1. The van der Waals surface area contributed by atoms with Crippen molar-refractivity contribution in [3.8, 4) is 6.07 Å². The molecule has 0 saturated heterocycles. The molecule has 166 valence electrons. The van der Waals surface area contributed by atoms with E-state index in [1.165, 1.54) is 0 Å². The van der Waals surface area contributed by atoms with Gasteiger partial charge in [0.1, 0.15) is 11.6 Å². The summed E-state index contributed by atoms with van der Waals surface area (Å²) in [6, 6.07) is 10.2. The highest BCUT2D eigenvalue weighted by Crippen LogP contribution is 2.23. The van der Waals surface area contributed by atoms with Gasteiger partial charge in [0.2, 0.25) is 10.0 Å². The number of nitrogens with zero attached hydrogens (tertiary/aromatic N) is 2. The van der Waals surface area contributed by atoms with E-state index >= 15 is 0 Å². The first kappa shape index (κ1) is 24.2. The van der Waals surface area contributed by atoms with Crippen LogP contribution in [0.5, 0.6) is 0 Å². The largest absolute Gasteiger partial charge is 0.383 e. The zero-order valence-electron chi connectivity index (χ0n) is 18.4. The number of hydrogen-bond acceptors (Lipinski definition) is 5. The molecule has 0 saturated carbocycles. The van der Waals surface area contributed by atoms with Crippen LogP contribution in [0.2, 0.25) is 0 Å². The number of aryl methyl sites for hydroxylation is 1. The van der Waals surface area contributed by atoms with Gasteiger partial charge in [0.05, 0.1) is 18.4 Å². The number of nitrogens with one attached hydrogen (secondary N) is 2. The van der Waals surface area contributed by atoms with Gasteiger partial charge in [-0.1, -0.05) is 0 Å². The standard InChI is InChI=1S/C22H28N4O4S/c1-6-31(28,29)25-21-9-7-20(8-10-21)24-22(27)19(13-23)12-18-11-15(2)26(17(18)4)16(3)14-30-5/h7-12,16,25H,6,14H2,1-5H3,(H,24,27). The van der Waals surface area contributed by atoms with E-state index in [1.807, 2.05) is 32.9 Å². The van der Waals surface area contributed by atoms with E-state index in [-0.39, 0.29) is 17.4 Å². The van der Waals surface area contributed by atoms with E-state index in [1.54, 1.807) is 44.4 Å². The van der Waals surface area contributed by atoms with Crippen molar-refractivity contribution < 1.29 is 17.9 Å². The molecule has 9 heteroatoms. The van der Waals surface area contributed by atoms with Crippen LogP contribution in [0.1, 0.15) is 36.8 Å². The Morgan fingerprint density at radius 3 is 2.42 bits per heavy atom. The number of amides is 1. The lowest BCUT2D eigenvalue weighted by atomic mass is 10.1. The van der Waals surface area contributed by atoms with Crippen molar-refractivity contribution in [1.29, 1.82) is 5.26 Å². The number of carbonyl (C=O) groups excluding carboxylic acids is 1. The first-order valence-electron chi connectivity index (χ1n) is 9.82. The molecule has 2 aromatic rings. The molecule has 1 heterocycles. The molecule has 0 spiro atoms. The summed E-state index contributed by atoms with van der Waals surface area (Å²) in [7, 11) is -1.73. The maximum atomic E-state index is 12.6. The van der Waals surface area contributed by atoms with Crippen molar-refractivity contribution in [3.63, 3.8) is 0 Å². The van der Waals surface area contributed by atoms with Crippen LogP contribution in [-0.4, -0.2) is 38.4 Å². The van der Waals surface area contributed by atoms with Crippen LogP contribution in [0.15, 0.2) is 35.9 Å². The Morgan fingerprint density at radius 1 is 1.26 bits per heavy atom. The van der Waals surface area contributed by atoms with Gasteiger partial charge < -0.3 is 14.6 Å². The number of aromatic nitrogens is 1. The number of ether oxygens (including phenoxy) is 1. The highest BCUT2D eigenvalue weighted by molar-refractivity contribution is 7.92. The van der Waals surface area contributed by atoms with E-state index in [9.17, 15) is 18.5 Å². The SMILES string of the molecule is CCS(=O)(=O)Nc1ccc(NC(=O)C(C#N)=Cc2cc(C)n(C(C)COC)c2C)cc1. The molecule has 2 N–H and O–H groups in total. The molecule has 2 rings (SSSR count). The van der Waals surface area contributed by atoms with Crippen molar-refractivity contribution in [2.24, 2.45) is 0 Å². The minimum Gasteiger partial charge on any atom is -0.383 e. The van der Waals surface area contributed by atoms with Gasteiger partial charge in [-0.2, -0.15) is 5.26 Å². The fourth-order valence-corrected chi connectivity index (χ4v) is 3.96. The maximum Gasteiger partial charge on any atom is 0.266 e. The van der Waals surface area contributed by atoms with E-state index in [0.717, 1.165) is 17.0 Å². The van der Waals surface area contributed by atoms with Crippen LogP contribution in [-0.2, 0) is 19.6 Å². The lowest BCUT2D eigenvalue weighted by Crippen LogP contribution is -2.15. The molecule has 0 fully saturated rings. The van der Waals surface area contributed by atoms with Crippen LogP contribution in [0, 0.1) is 25.2 Å². The summed E-state index contributed by atoms with van der Waals surface area (Å²) in [4.78, 5) is 12.6. The van der Waals surface area contributed by atoms with Crippen molar-refractivity contribution in [3.05, 3.63) is 52.9 Å². The molecule has 1 atom stereocenters. The quantitative estimate of drug-likeness (QED) is 0.453. The molecular weight excluding hydrogens is 416 g/mol. The number of rotatable bonds is 9. The Bertz CT molecular complexity index is 1110. The second-order valence-corrected chi connectivity index (χ2v) is 9.22. The van der Waals surface area contributed by atoms with Gasteiger partial charge in [-0.25, -0.2) is 8.42 Å². The normalized spacial score (nSPS) is 12.8. The topological polar surface area (TPSA) is 113 Å². The molecule has 1 aromatic carbocycles. The van der Waals surface area contributed by atoms with Crippen molar-refractivity contribution >= 4 is 33.4 Å². The Labute approximate surface area is 183 Å². The first-order valence-corrected chi connectivity index (χ1v) is 11.5. The third kappa shape index (κ3) is 6.20. The highest BCUT2D eigenvalue weighted by atomic mass is 32.2. The van der Waals surface area contributed by atoms with E-state index in [0.29, 0.717) is 18.0 Å². The average Bonchev–Trinajstić information content (AvgIpc) is 3.00. The number of hydrogen-bond donors (Lipinski definition) is 2. The number of nitriles is 1. The third-order valence-corrected chi connectivity index (χ3v) is 6.14. The molecule has 0 aliphatic rings. The van der Waals surface area contributed by atoms with Crippen molar-refractivity contribution in [2.45, 2.75) is 33.7 Å². The predicted octanol–water partition coefficient (Wildman–Crippen LogP) is 3.62. The fraction of sp³-hybridized carbons (Fsp3) is 0.364. The average molecular weight is 445 g/mol. The number of carbonyl (C=O) groups is 1. The molecule has 1 unspecified atom stereocenters. The summed E-state index contributed by atoms with van der Waals surface area (Å²) in [5.74, 6) is -0.578. The van der Waals surface area contributed by atoms with Crippen LogP contribution in [0.3, 0.4) is 0 Å². The number of anilines is 2. The van der Waals surface area contributed by atoms with Crippen LogP contribution >= 0.6 is 0 Å². The van der Waals surface area contributed by atoms with Crippen molar-refractivity contribution in [2.75, 3.05) is 29.5 Å². The molecule has 31 heavy (non-hydrogen) atoms. The summed E-state index contributed by atoms with van der Waals surface area (Å²) < 4.78 is 33.0. The fourth-order valence-electron chi connectivity index (χ4n) is 3.32. The molecule has 8 nitrogen and oxygen atoms in total. The number of benzene rings is 1. The minimum absolute atomic E-state index is 0.0320. The Morgan fingerprint density at radius 2 is 1.87 bits per heavy atom. The van der Waals surface area contributed by atoms with Gasteiger partial charge in [0, 0.05) is 29.9 Å². The predicted molar refractivity (Wildman–Crippen MR) is 122 cm³/mol. The second kappa shape index (κ2) is 10.3. The molecule has 0 radical (unpaired) electrons. The molecule has 0 aliphatic heterocycles. The minimum atomic E-state index is -3.38. The Balaban J connectivity index is 2.20. The smallest absolute Gasteiger partial charge is 0.266 e. The van der Waals surface area contributed by atoms with Gasteiger partial charge >= 0.3 is 0 Å². The van der Waals surface area contributed by atoms with Gasteiger partial charge in [-0.3, -0.25) is 9.52 Å². The molecular formula is C22H28N4O4S. The Hall–Kier alpha value is -3.09. The van der Waals surface area contributed by atoms with Crippen LogP contribution in [0.4, 0.5) is 11.4 Å². The lowest BCUT2D eigenvalue weighted by Gasteiger charge is -2.17. The monoisotopic (exact) mass is 444 g/mol. The van der Waals surface area contributed by atoms with Crippen molar-refractivity contribution in [1.82, 2.24) is 4.57 Å². The van der Waals surface area contributed by atoms with E-state index in [4.69, 9.17) is 4.74 Å². The summed E-state index contributed by atoms with van der Waals surface area (Å²) >= 11 is 0. The Kier molecular flexibility index (Phi) is 8.02. The van der Waals surface area contributed by atoms with Gasteiger partial charge in [-0.05, 0) is 69.7 Å². The van der Waals surface area contributed by atoms with Crippen LogP contribution < -0.4 is 10.0 Å². The first-order chi connectivity index (χ1) is 14.6. The highest BCUT2D eigenvalue weighted by Gasteiger charge is 2.16. The maximum absolute atomic E-state index is 12.6. The van der Waals surface area contributed by atoms with E-state index < -0.39 is 15.9 Å². The van der Waals surface area contributed by atoms with Gasteiger partial charge in [0.15, 0.2) is 0 Å². The van der Waals surface area contributed by atoms with E-state index in [2.05, 4.69) is 14.6 Å². The molecule has 1 amide bonds. The summed E-state index contributed by atoms with van der Waals surface area (Å²) in [6.07, 6.45) is 1.57. The molecule has 0 aliphatic carbocycles. The lowest BCUT2D eigenvalue weighted by molar-refractivity contribution is -0.112. The van der Waals surface area contributed by atoms with Gasteiger partial charge in [0.25, 0.3) is 5.91 Å². The zero-order valence-corrected chi connectivity index (χ0v) is 19.2. The molecule has 1 aromatic heterocycles. The zero-order chi connectivity index (χ0) is 23.2. The summed E-state index contributed by atoms with van der Waals surface area (Å²) in [5, 5.41) is 12.2. The summed E-state index contributed by atoms with van der Waals surface area (Å²) in [6.45, 7) is 8.04. The summed E-state index contributed by atoms with van der Waals surface area (Å²) in [5.41, 5.74) is 3.55. The van der Waals surface area contributed by atoms with Gasteiger partial charge in [-0.15, -0.1) is 0 Å². The molecule has 0 bridgehead atoms. The van der Waals surface area contributed by atoms with Crippen LogP contribution in [0.25, 0.3) is 6.08 Å². The third-order valence-electron chi connectivity index (χ3n) is 4.83. The second-order valence-electron chi connectivity index (χ2n) is 7.21. The number of methoxy groups -OCH3 is 1.